The summed E-state index contributed by atoms with van der Waals surface area (Å²) in [5.74, 6) is 0. The molecule has 0 heterocycles. The Hall–Kier alpha value is -1.46. The molecule has 0 aliphatic heterocycles. The molecule has 0 unspecified atom stereocenters. The van der Waals surface area contributed by atoms with Crippen LogP contribution >= 0.6 is 0 Å². The predicted octanol–water partition coefficient (Wildman–Crippen LogP) is 2.82. The normalized spacial score (nSPS) is 9.90. The number of carbonyl (C=O) groups is 2. The van der Waals surface area contributed by atoms with Gasteiger partial charge >= 0.3 is 12.2 Å². The van der Waals surface area contributed by atoms with E-state index >= 15 is 0 Å². The maximum atomic E-state index is 10.8. The van der Waals surface area contributed by atoms with Crippen molar-refractivity contribution in [3.8, 4) is 0 Å². The summed E-state index contributed by atoms with van der Waals surface area (Å²) in [5, 5.41) is 5.33. The van der Waals surface area contributed by atoms with Gasteiger partial charge in [0.1, 0.15) is 0 Å². The van der Waals surface area contributed by atoms with Gasteiger partial charge in [0.05, 0.1) is 14.2 Å². The molecule has 0 aromatic carbocycles. The molecule has 0 spiro atoms. The second kappa shape index (κ2) is 14.0. The number of methoxy groups -OCH3 is 2. The van der Waals surface area contributed by atoms with Crippen molar-refractivity contribution in [1.29, 1.82) is 0 Å². The van der Waals surface area contributed by atoms with Gasteiger partial charge in [-0.25, -0.2) is 9.59 Å². The lowest BCUT2D eigenvalue weighted by Crippen LogP contribution is -2.23. The van der Waals surface area contributed by atoms with Gasteiger partial charge in [-0.3, -0.25) is 0 Å². The number of hydrogen-bond acceptors (Lipinski definition) is 4. The fourth-order valence-electron chi connectivity index (χ4n) is 1.84. The third kappa shape index (κ3) is 13.0. The molecule has 0 radical (unpaired) electrons. The summed E-state index contributed by atoms with van der Waals surface area (Å²) >= 11 is 0. The molecule has 0 atom stereocenters. The zero-order valence-corrected chi connectivity index (χ0v) is 12.7. The lowest BCUT2D eigenvalue weighted by atomic mass is 10.1. The monoisotopic (exact) mass is 288 g/mol. The molecule has 6 nitrogen and oxygen atoms in total. The summed E-state index contributed by atoms with van der Waals surface area (Å²) in [6.07, 6.45) is 8.40. The third-order valence-electron chi connectivity index (χ3n) is 3.01. The van der Waals surface area contributed by atoms with Gasteiger partial charge in [0.2, 0.25) is 0 Å². The van der Waals surface area contributed by atoms with Crippen LogP contribution in [-0.4, -0.2) is 39.5 Å². The van der Waals surface area contributed by atoms with Crippen molar-refractivity contribution in [3.63, 3.8) is 0 Å². The maximum Gasteiger partial charge on any atom is 0.406 e. The standard InChI is InChI=1S/C14H28N2O4/c1-19-13(17)15-11-9-7-5-3-4-6-8-10-12-16-14(18)20-2/h3-12H2,1-2H3,(H,15,17)(H,16,18). The molecule has 0 saturated carbocycles. The van der Waals surface area contributed by atoms with Crippen molar-refractivity contribution in [2.75, 3.05) is 27.3 Å². The highest BCUT2D eigenvalue weighted by Gasteiger charge is 1.98. The van der Waals surface area contributed by atoms with Crippen LogP contribution in [0.3, 0.4) is 0 Å². The molecule has 0 fully saturated rings. The van der Waals surface area contributed by atoms with Gasteiger partial charge < -0.3 is 20.1 Å². The minimum atomic E-state index is -0.356. The summed E-state index contributed by atoms with van der Waals surface area (Å²) in [6.45, 7) is 1.37. The highest BCUT2D eigenvalue weighted by molar-refractivity contribution is 5.67. The van der Waals surface area contributed by atoms with Crippen molar-refractivity contribution < 1.29 is 19.1 Å². The Labute approximate surface area is 121 Å². The Morgan fingerprint density at radius 1 is 0.650 bits per heavy atom. The number of ether oxygens (including phenoxy) is 2. The number of carbonyl (C=O) groups excluding carboxylic acids is 2. The van der Waals surface area contributed by atoms with E-state index in [1.807, 2.05) is 0 Å². The van der Waals surface area contributed by atoms with Crippen LogP contribution in [0.4, 0.5) is 9.59 Å². The van der Waals surface area contributed by atoms with Gasteiger partial charge in [0.25, 0.3) is 0 Å². The van der Waals surface area contributed by atoms with Crippen LogP contribution in [0.1, 0.15) is 51.4 Å². The Morgan fingerprint density at radius 3 is 1.25 bits per heavy atom. The molecule has 0 saturated heterocycles. The molecule has 0 aliphatic carbocycles. The average molecular weight is 288 g/mol. The quantitative estimate of drug-likeness (QED) is 0.573. The minimum absolute atomic E-state index is 0.356. The smallest absolute Gasteiger partial charge is 0.406 e. The summed E-state index contributed by atoms with van der Waals surface area (Å²) in [7, 11) is 2.74. The van der Waals surface area contributed by atoms with E-state index < -0.39 is 0 Å². The summed E-state index contributed by atoms with van der Waals surface area (Å²) in [6, 6.07) is 0. The van der Waals surface area contributed by atoms with Crippen molar-refractivity contribution in [1.82, 2.24) is 10.6 Å². The number of hydrogen-bond donors (Lipinski definition) is 2. The van der Waals surface area contributed by atoms with E-state index in [9.17, 15) is 9.59 Å². The van der Waals surface area contributed by atoms with Gasteiger partial charge in [-0.15, -0.1) is 0 Å². The van der Waals surface area contributed by atoms with Crippen LogP contribution in [-0.2, 0) is 9.47 Å². The highest BCUT2D eigenvalue weighted by Crippen LogP contribution is 2.08. The molecule has 118 valence electrons. The Bertz CT molecular complexity index is 234. The van der Waals surface area contributed by atoms with E-state index in [0.29, 0.717) is 13.1 Å². The first-order valence-electron chi connectivity index (χ1n) is 7.34. The molecule has 0 bridgehead atoms. The van der Waals surface area contributed by atoms with Crippen molar-refractivity contribution in [2.24, 2.45) is 0 Å². The summed E-state index contributed by atoms with van der Waals surface area (Å²) in [4.78, 5) is 21.5. The average Bonchev–Trinajstić information content (AvgIpc) is 2.47. The second-order valence-electron chi connectivity index (χ2n) is 4.67. The first kappa shape index (κ1) is 18.5. The maximum absolute atomic E-state index is 10.8. The van der Waals surface area contributed by atoms with E-state index in [0.717, 1.165) is 25.7 Å². The lowest BCUT2D eigenvalue weighted by molar-refractivity contribution is 0.170. The predicted molar refractivity (Wildman–Crippen MR) is 77.8 cm³/mol. The molecule has 0 aromatic heterocycles. The fourth-order valence-corrected chi connectivity index (χ4v) is 1.84. The van der Waals surface area contributed by atoms with Crippen molar-refractivity contribution >= 4 is 12.2 Å². The Balaban J connectivity index is 3.06. The molecule has 0 aliphatic rings. The Morgan fingerprint density at radius 2 is 0.950 bits per heavy atom. The van der Waals surface area contributed by atoms with Gasteiger partial charge in [0, 0.05) is 13.1 Å². The third-order valence-corrected chi connectivity index (χ3v) is 3.01. The summed E-state index contributed by atoms with van der Waals surface area (Å²) in [5.41, 5.74) is 0. The van der Waals surface area contributed by atoms with Crippen LogP contribution in [0.25, 0.3) is 0 Å². The zero-order chi connectivity index (χ0) is 15.1. The second-order valence-corrected chi connectivity index (χ2v) is 4.67. The van der Waals surface area contributed by atoms with Gasteiger partial charge in [0.15, 0.2) is 0 Å². The van der Waals surface area contributed by atoms with E-state index in [1.165, 1.54) is 39.9 Å². The number of unbranched alkanes of at least 4 members (excludes halogenated alkanes) is 7. The molecule has 6 heteroatoms. The van der Waals surface area contributed by atoms with Crippen LogP contribution < -0.4 is 10.6 Å². The fraction of sp³-hybridized carbons (Fsp3) is 0.857. The van der Waals surface area contributed by atoms with Crippen molar-refractivity contribution in [3.05, 3.63) is 0 Å². The van der Waals surface area contributed by atoms with E-state index in [1.54, 1.807) is 0 Å². The van der Waals surface area contributed by atoms with E-state index in [-0.39, 0.29) is 12.2 Å². The largest absolute Gasteiger partial charge is 0.453 e. The first-order valence-corrected chi connectivity index (χ1v) is 7.34. The van der Waals surface area contributed by atoms with Gasteiger partial charge in [-0.2, -0.15) is 0 Å². The van der Waals surface area contributed by atoms with Crippen LogP contribution in [0.15, 0.2) is 0 Å². The van der Waals surface area contributed by atoms with Crippen LogP contribution in [0.2, 0.25) is 0 Å². The summed E-state index contributed by atoms with van der Waals surface area (Å²) < 4.78 is 8.96. The highest BCUT2D eigenvalue weighted by atomic mass is 16.5. The number of alkyl carbamates (subject to hydrolysis) is 2. The molecular formula is C14H28N2O4. The SMILES string of the molecule is COC(=O)NCCCCCCCCCCNC(=O)OC. The molecule has 0 aromatic rings. The number of rotatable bonds is 11. The van der Waals surface area contributed by atoms with E-state index in [2.05, 4.69) is 20.1 Å². The van der Waals surface area contributed by atoms with Gasteiger partial charge in [-0.1, -0.05) is 38.5 Å². The minimum Gasteiger partial charge on any atom is -0.453 e. The zero-order valence-electron chi connectivity index (χ0n) is 12.7. The molecule has 2 amide bonds. The van der Waals surface area contributed by atoms with E-state index in [4.69, 9.17) is 0 Å². The number of nitrogens with one attached hydrogen (secondary N) is 2. The van der Waals surface area contributed by atoms with Gasteiger partial charge in [-0.05, 0) is 12.8 Å². The first-order chi connectivity index (χ1) is 9.70. The van der Waals surface area contributed by atoms with Crippen molar-refractivity contribution in [2.45, 2.75) is 51.4 Å². The van der Waals surface area contributed by atoms with Crippen LogP contribution in [0, 0.1) is 0 Å². The molecular weight excluding hydrogens is 260 g/mol. The molecule has 20 heavy (non-hydrogen) atoms. The van der Waals surface area contributed by atoms with Crippen LogP contribution in [0.5, 0.6) is 0 Å². The topological polar surface area (TPSA) is 76.7 Å². The molecule has 0 rings (SSSR count). The molecule has 2 N–H and O–H groups in total. The lowest BCUT2D eigenvalue weighted by Gasteiger charge is -2.04. The Kier molecular flexibility index (Phi) is 12.9. The number of amides is 2.